The Kier molecular flexibility index (Phi) is 8.47. The molecule has 0 aliphatic heterocycles. The minimum Gasteiger partial charge on any atom is -0.494 e. The van der Waals surface area contributed by atoms with Crippen LogP contribution in [0, 0.1) is 0 Å². The molecule has 0 aliphatic carbocycles. The molecule has 0 aliphatic rings. The van der Waals surface area contributed by atoms with E-state index in [1.165, 1.54) is 0 Å². The second-order valence-electron chi connectivity index (χ2n) is 4.77. The third kappa shape index (κ3) is 7.14. The third-order valence-corrected chi connectivity index (χ3v) is 3.15. The standard InChI is InChI=1S/C16H26N2O2/c1-3-14(4-2)18-16(19)13-17-11-8-12-20-15-9-6-5-7-10-15/h5-7,9-10,14,17H,3-4,8,11-13H2,1-2H3,(H,18,19). The van der Waals surface area contributed by atoms with Crippen LogP contribution in [0.5, 0.6) is 5.75 Å². The monoisotopic (exact) mass is 278 g/mol. The predicted molar refractivity (Wildman–Crippen MR) is 81.9 cm³/mol. The third-order valence-electron chi connectivity index (χ3n) is 3.15. The number of amides is 1. The summed E-state index contributed by atoms with van der Waals surface area (Å²) in [5.41, 5.74) is 0. The Labute approximate surface area is 121 Å². The number of para-hydroxylation sites is 1. The Hall–Kier alpha value is -1.55. The van der Waals surface area contributed by atoms with Gasteiger partial charge in [0.1, 0.15) is 5.75 Å². The summed E-state index contributed by atoms with van der Waals surface area (Å²) in [5.74, 6) is 0.960. The van der Waals surface area contributed by atoms with Gasteiger partial charge in [0.05, 0.1) is 13.2 Å². The molecular weight excluding hydrogens is 252 g/mol. The van der Waals surface area contributed by atoms with Crippen molar-refractivity contribution >= 4 is 5.91 Å². The van der Waals surface area contributed by atoms with Crippen LogP contribution < -0.4 is 15.4 Å². The first-order valence-corrected chi connectivity index (χ1v) is 7.44. The lowest BCUT2D eigenvalue weighted by molar-refractivity contribution is -0.121. The quantitative estimate of drug-likeness (QED) is 0.646. The molecule has 0 saturated carbocycles. The summed E-state index contributed by atoms with van der Waals surface area (Å²) in [6, 6.07) is 10.1. The zero-order valence-electron chi connectivity index (χ0n) is 12.5. The molecule has 4 heteroatoms. The predicted octanol–water partition coefficient (Wildman–Crippen LogP) is 2.35. The average molecular weight is 278 g/mol. The highest BCUT2D eigenvalue weighted by Crippen LogP contribution is 2.07. The Bertz CT molecular complexity index is 364. The maximum absolute atomic E-state index is 11.6. The van der Waals surface area contributed by atoms with Gasteiger partial charge in [0.25, 0.3) is 0 Å². The summed E-state index contributed by atoms with van der Waals surface area (Å²) < 4.78 is 5.57. The molecule has 0 fully saturated rings. The molecular formula is C16H26N2O2. The molecule has 1 rings (SSSR count). The maximum Gasteiger partial charge on any atom is 0.234 e. The molecule has 0 bridgehead atoms. The van der Waals surface area contributed by atoms with E-state index in [4.69, 9.17) is 4.74 Å². The van der Waals surface area contributed by atoms with Crippen LogP contribution in [0.3, 0.4) is 0 Å². The van der Waals surface area contributed by atoms with Crippen LogP contribution >= 0.6 is 0 Å². The molecule has 0 spiro atoms. The topological polar surface area (TPSA) is 50.4 Å². The summed E-state index contributed by atoms with van der Waals surface area (Å²) in [5, 5.41) is 6.13. The molecule has 0 radical (unpaired) electrons. The summed E-state index contributed by atoms with van der Waals surface area (Å²) in [4.78, 5) is 11.6. The number of hydrogen-bond donors (Lipinski definition) is 2. The number of ether oxygens (including phenoxy) is 1. The summed E-state index contributed by atoms with van der Waals surface area (Å²) >= 11 is 0. The van der Waals surface area contributed by atoms with Crippen molar-refractivity contribution in [1.82, 2.24) is 10.6 Å². The minimum absolute atomic E-state index is 0.0719. The Morgan fingerprint density at radius 3 is 2.55 bits per heavy atom. The van der Waals surface area contributed by atoms with Gasteiger partial charge in [0.2, 0.25) is 5.91 Å². The number of carbonyl (C=O) groups is 1. The van der Waals surface area contributed by atoms with Crippen LogP contribution in [-0.4, -0.2) is 31.6 Å². The molecule has 0 heterocycles. The van der Waals surface area contributed by atoms with Gasteiger partial charge in [-0.05, 0) is 37.9 Å². The maximum atomic E-state index is 11.6. The van der Waals surface area contributed by atoms with Crippen molar-refractivity contribution in [1.29, 1.82) is 0 Å². The molecule has 112 valence electrons. The van der Waals surface area contributed by atoms with Gasteiger partial charge in [-0.25, -0.2) is 0 Å². The van der Waals surface area contributed by atoms with Crippen LogP contribution in [0.4, 0.5) is 0 Å². The van der Waals surface area contributed by atoms with E-state index < -0.39 is 0 Å². The second-order valence-corrected chi connectivity index (χ2v) is 4.77. The highest BCUT2D eigenvalue weighted by molar-refractivity contribution is 5.78. The minimum atomic E-state index is 0.0719. The van der Waals surface area contributed by atoms with Gasteiger partial charge in [0.15, 0.2) is 0 Å². The first-order valence-electron chi connectivity index (χ1n) is 7.44. The fraction of sp³-hybridized carbons (Fsp3) is 0.562. The normalized spacial score (nSPS) is 10.6. The van der Waals surface area contributed by atoms with Crippen molar-refractivity contribution in [2.75, 3.05) is 19.7 Å². The lowest BCUT2D eigenvalue weighted by atomic mass is 10.2. The van der Waals surface area contributed by atoms with Crippen molar-refractivity contribution in [3.8, 4) is 5.75 Å². The molecule has 2 N–H and O–H groups in total. The van der Waals surface area contributed by atoms with Crippen molar-refractivity contribution in [2.45, 2.75) is 39.2 Å². The molecule has 1 aromatic rings. The van der Waals surface area contributed by atoms with Crippen LogP contribution in [0.25, 0.3) is 0 Å². The van der Waals surface area contributed by atoms with Gasteiger partial charge >= 0.3 is 0 Å². The van der Waals surface area contributed by atoms with E-state index in [9.17, 15) is 4.79 Å². The second kappa shape index (κ2) is 10.3. The van der Waals surface area contributed by atoms with Gasteiger partial charge in [-0.3, -0.25) is 4.79 Å². The summed E-state index contributed by atoms with van der Waals surface area (Å²) in [6.45, 7) is 5.99. The van der Waals surface area contributed by atoms with E-state index in [0.29, 0.717) is 19.2 Å². The van der Waals surface area contributed by atoms with Crippen LogP contribution in [0.15, 0.2) is 30.3 Å². The number of hydrogen-bond acceptors (Lipinski definition) is 3. The van der Waals surface area contributed by atoms with Gasteiger partial charge in [0, 0.05) is 6.04 Å². The highest BCUT2D eigenvalue weighted by atomic mass is 16.5. The molecule has 0 atom stereocenters. The van der Waals surface area contributed by atoms with Gasteiger partial charge < -0.3 is 15.4 Å². The number of nitrogens with one attached hydrogen (secondary N) is 2. The lowest BCUT2D eigenvalue weighted by Gasteiger charge is -2.14. The van der Waals surface area contributed by atoms with Crippen molar-refractivity contribution in [2.24, 2.45) is 0 Å². The first-order chi connectivity index (χ1) is 9.76. The van der Waals surface area contributed by atoms with Gasteiger partial charge in [-0.1, -0.05) is 32.0 Å². The van der Waals surface area contributed by atoms with E-state index in [1.54, 1.807) is 0 Å². The zero-order chi connectivity index (χ0) is 14.6. The van der Waals surface area contributed by atoms with E-state index in [-0.39, 0.29) is 5.91 Å². The Morgan fingerprint density at radius 2 is 1.90 bits per heavy atom. The zero-order valence-corrected chi connectivity index (χ0v) is 12.5. The average Bonchev–Trinajstić information content (AvgIpc) is 2.49. The molecule has 0 saturated heterocycles. The van der Waals surface area contributed by atoms with E-state index in [1.807, 2.05) is 30.3 Å². The van der Waals surface area contributed by atoms with Crippen molar-refractivity contribution in [3.05, 3.63) is 30.3 Å². The molecule has 0 unspecified atom stereocenters. The van der Waals surface area contributed by atoms with Crippen molar-refractivity contribution < 1.29 is 9.53 Å². The Morgan fingerprint density at radius 1 is 1.20 bits per heavy atom. The molecule has 1 aromatic carbocycles. The fourth-order valence-electron chi connectivity index (χ4n) is 1.88. The van der Waals surface area contributed by atoms with E-state index in [2.05, 4.69) is 24.5 Å². The fourth-order valence-corrected chi connectivity index (χ4v) is 1.88. The van der Waals surface area contributed by atoms with Crippen molar-refractivity contribution in [3.63, 3.8) is 0 Å². The first kappa shape index (κ1) is 16.5. The van der Waals surface area contributed by atoms with Gasteiger partial charge in [-0.15, -0.1) is 0 Å². The molecule has 20 heavy (non-hydrogen) atoms. The van der Waals surface area contributed by atoms with Crippen LogP contribution in [0.2, 0.25) is 0 Å². The van der Waals surface area contributed by atoms with Gasteiger partial charge in [-0.2, -0.15) is 0 Å². The molecule has 4 nitrogen and oxygen atoms in total. The summed E-state index contributed by atoms with van der Waals surface area (Å²) in [6.07, 6.45) is 2.84. The highest BCUT2D eigenvalue weighted by Gasteiger charge is 2.07. The largest absolute Gasteiger partial charge is 0.494 e. The molecule has 1 amide bonds. The van der Waals surface area contributed by atoms with E-state index in [0.717, 1.165) is 31.6 Å². The SMILES string of the molecule is CCC(CC)NC(=O)CNCCCOc1ccccc1. The van der Waals surface area contributed by atoms with E-state index >= 15 is 0 Å². The number of carbonyl (C=O) groups excluding carboxylic acids is 1. The summed E-state index contributed by atoms with van der Waals surface area (Å²) in [7, 11) is 0. The Balaban J connectivity index is 2.00. The number of benzene rings is 1. The molecule has 0 aromatic heterocycles. The van der Waals surface area contributed by atoms with Crippen LogP contribution in [-0.2, 0) is 4.79 Å². The lowest BCUT2D eigenvalue weighted by Crippen LogP contribution is -2.40. The smallest absolute Gasteiger partial charge is 0.234 e. The van der Waals surface area contributed by atoms with Crippen LogP contribution in [0.1, 0.15) is 33.1 Å². The number of rotatable bonds is 10.